The van der Waals surface area contributed by atoms with Gasteiger partial charge < -0.3 is 5.73 Å². The minimum absolute atomic E-state index is 0.397. The second-order valence-electron chi connectivity index (χ2n) is 4.30. The van der Waals surface area contributed by atoms with Gasteiger partial charge in [0, 0.05) is 12.8 Å². The van der Waals surface area contributed by atoms with Crippen molar-refractivity contribution >= 4 is 5.78 Å². The molecule has 0 aliphatic carbocycles. The van der Waals surface area contributed by atoms with Gasteiger partial charge in [0.2, 0.25) is 0 Å². The van der Waals surface area contributed by atoms with Gasteiger partial charge in [-0.25, -0.2) is 0 Å². The predicted octanol–water partition coefficient (Wildman–Crippen LogP) is 3.44. The molecular weight excluding hydrogens is 186 g/mol. The highest BCUT2D eigenvalue weighted by Gasteiger charge is 2.00. The van der Waals surface area contributed by atoms with Gasteiger partial charge in [-0.15, -0.1) is 0 Å². The molecule has 0 radical (unpaired) electrons. The second-order valence-corrected chi connectivity index (χ2v) is 4.30. The molecule has 0 heterocycles. The van der Waals surface area contributed by atoms with E-state index in [9.17, 15) is 4.79 Å². The quantitative estimate of drug-likeness (QED) is 0.534. The van der Waals surface area contributed by atoms with Gasteiger partial charge in [-0.1, -0.05) is 45.4 Å². The number of nitrogens with two attached hydrogens (primary N) is 1. The van der Waals surface area contributed by atoms with Crippen LogP contribution >= 0.6 is 0 Å². The molecule has 0 aromatic carbocycles. The van der Waals surface area contributed by atoms with E-state index in [1.807, 2.05) is 0 Å². The molecule has 0 aliphatic rings. The number of rotatable bonds is 11. The van der Waals surface area contributed by atoms with Crippen molar-refractivity contribution in [3.05, 3.63) is 0 Å². The van der Waals surface area contributed by atoms with E-state index in [0.29, 0.717) is 18.7 Å². The Morgan fingerprint density at radius 1 is 0.867 bits per heavy atom. The monoisotopic (exact) mass is 213 g/mol. The largest absolute Gasteiger partial charge is 0.330 e. The van der Waals surface area contributed by atoms with Crippen LogP contribution in [0.25, 0.3) is 0 Å². The Hall–Kier alpha value is -0.370. The van der Waals surface area contributed by atoms with Gasteiger partial charge in [0.25, 0.3) is 0 Å². The van der Waals surface area contributed by atoms with Crippen molar-refractivity contribution in [1.82, 2.24) is 0 Å². The lowest BCUT2D eigenvalue weighted by Crippen LogP contribution is -2.04. The number of Topliss-reactive ketones (excluding diaryl/α,β-unsaturated/α-hetero) is 1. The molecule has 0 atom stereocenters. The van der Waals surface area contributed by atoms with Crippen molar-refractivity contribution in [1.29, 1.82) is 0 Å². The van der Waals surface area contributed by atoms with Crippen LogP contribution in [0.2, 0.25) is 0 Å². The molecule has 0 spiro atoms. The summed E-state index contributed by atoms with van der Waals surface area (Å²) in [5, 5.41) is 0. The summed E-state index contributed by atoms with van der Waals surface area (Å²) < 4.78 is 0. The summed E-state index contributed by atoms with van der Waals surface area (Å²) in [4.78, 5) is 11.3. The Kier molecular flexibility index (Phi) is 11.4. The molecule has 15 heavy (non-hydrogen) atoms. The molecule has 0 fully saturated rings. The normalized spacial score (nSPS) is 10.5. The zero-order valence-electron chi connectivity index (χ0n) is 10.3. The zero-order chi connectivity index (χ0) is 11.4. The minimum Gasteiger partial charge on any atom is -0.330 e. The number of hydrogen-bond donors (Lipinski definition) is 1. The van der Waals surface area contributed by atoms with Crippen LogP contribution in [-0.2, 0) is 4.79 Å². The van der Waals surface area contributed by atoms with Crippen LogP contribution in [0.4, 0.5) is 0 Å². The average molecular weight is 213 g/mol. The molecule has 0 saturated carbocycles. The van der Waals surface area contributed by atoms with Gasteiger partial charge in [-0.3, -0.25) is 4.79 Å². The first-order valence-electron chi connectivity index (χ1n) is 6.53. The summed E-state index contributed by atoms with van der Waals surface area (Å²) >= 11 is 0. The Balaban J connectivity index is 3.06. The fourth-order valence-corrected chi connectivity index (χ4v) is 1.70. The van der Waals surface area contributed by atoms with E-state index in [2.05, 4.69) is 6.92 Å². The smallest absolute Gasteiger partial charge is 0.132 e. The Bertz CT molecular complexity index is 145. The SMILES string of the molecule is CCCCCCCCCC(=O)CCCN. The number of carbonyl (C=O) groups is 1. The van der Waals surface area contributed by atoms with Crippen LogP contribution in [-0.4, -0.2) is 12.3 Å². The van der Waals surface area contributed by atoms with E-state index in [0.717, 1.165) is 19.3 Å². The molecule has 0 aliphatic heterocycles. The fraction of sp³-hybridized carbons (Fsp3) is 0.923. The number of unbranched alkanes of at least 4 members (excludes halogenated alkanes) is 6. The first kappa shape index (κ1) is 14.6. The Morgan fingerprint density at radius 3 is 2.00 bits per heavy atom. The van der Waals surface area contributed by atoms with E-state index in [4.69, 9.17) is 5.73 Å². The third-order valence-electron chi connectivity index (χ3n) is 2.72. The van der Waals surface area contributed by atoms with Crippen molar-refractivity contribution in [3.8, 4) is 0 Å². The van der Waals surface area contributed by atoms with E-state index >= 15 is 0 Å². The summed E-state index contributed by atoms with van der Waals surface area (Å²) in [7, 11) is 0. The molecule has 0 amide bonds. The molecule has 0 aromatic heterocycles. The molecule has 0 unspecified atom stereocenters. The fourth-order valence-electron chi connectivity index (χ4n) is 1.70. The topological polar surface area (TPSA) is 43.1 Å². The van der Waals surface area contributed by atoms with Crippen molar-refractivity contribution in [2.24, 2.45) is 5.73 Å². The molecular formula is C13H27NO. The van der Waals surface area contributed by atoms with Crippen LogP contribution in [0.5, 0.6) is 0 Å². The lowest BCUT2D eigenvalue weighted by Gasteiger charge is -2.01. The molecule has 0 rings (SSSR count). The predicted molar refractivity (Wildman–Crippen MR) is 65.9 cm³/mol. The van der Waals surface area contributed by atoms with Crippen LogP contribution < -0.4 is 5.73 Å². The maximum Gasteiger partial charge on any atom is 0.132 e. The van der Waals surface area contributed by atoms with Crippen molar-refractivity contribution in [2.45, 2.75) is 71.1 Å². The van der Waals surface area contributed by atoms with Crippen LogP contribution in [0.3, 0.4) is 0 Å². The maximum absolute atomic E-state index is 11.3. The van der Waals surface area contributed by atoms with Crippen molar-refractivity contribution in [3.63, 3.8) is 0 Å². The first-order chi connectivity index (χ1) is 7.31. The Labute approximate surface area is 94.6 Å². The van der Waals surface area contributed by atoms with E-state index in [1.54, 1.807) is 0 Å². The molecule has 2 N–H and O–H groups in total. The number of carbonyl (C=O) groups excluding carboxylic acids is 1. The molecule has 0 saturated heterocycles. The van der Waals surface area contributed by atoms with Crippen molar-refractivity contribution < 1.29 is 4.79 Å². The van der Waals surface area contributed by atoms with E-state index < -0.39 is 0 Å². The third kappa shape index (κ3) is 11.6. The van der Waals surface area contributed by atoms with Gasteiger partial charge in [-0.2, -0.15) is 0 Å². The molecule has 2 heteroatoms. The summed E-state index contributed by atoms with van der Waals surface area (Å²) in [5.41, 5.74) is 5.35. The van der Waals surface area contributed by atoms with Gasteiger partial charge >= 0.3 is 0 Å². The second kappa shape index (κ2) is 11.7. The summed E-state index contributed by atoms with van der Waals surface area (Å²) in [5.74, 6) is 0.397. The Morgan fingerprint density at radius 2 is 1.40 bits per heavy atom. The summed E-state index contributed by atoms with van der Waals surface area (Å²) in [6.07, 6.45) is 11.3. The highest BCUT2D eigenvalue weighted by molar-refractivity contribution is 5.78. The minimum atomic E-state index is 0.397. The standard InChI is InChI=1S/C13H27NO/c1-2-3-4-5-6-7-8-10-13(15)11-9-12-14/h2-12,14H2,1H3. The highest BCUT2D eigenvalue weighted by atomic mass is 16.1. The first-order valence-corrected chi connectivity index (χ1v) is 6.53. The van der Waals surface area contributed by atoms with E-state index in [-0.39, 0.29) is 0 Å². The van der Waals surface area contributed by atoms with Gasteiger partial charge in [0.05, 0.1) is 0 Å². The average Bonchev–Trinajstić information content (AvgIpc) is 2.25. The zero-order valence-corrected chi connectivity index (χ0v) is 10.3. The maximum atomic E-state index is 11.3. The van der Waals surface area contributed by atoms with Crippen LogP contribution in [0, 0.1) is 0 Å². The number of hydrogen-bond acceptors (Lipinski definition) is 2. The lowest BCUT2D eigenvalue weighted by atomic mass is 10.1. The summed E-state index contributed by atoms with van der Waals surface area (Å²) in [6, 6.07) is 0. The van der Waals surface area contributed by atoms with E-state index in [1.165, 1.54) is 38.5 Å². The van der Waals surface area contributed by atoms with Gasteiger partial charge in [0.15, 0.2) is 0 Å². The van der Waals surface area contributed by atoms with Crippen LogP contribution in [0.15, 0.2) is 0 Å². The summed E-state index contributed by atoms with van der Waals surface area (Å²) in [6.45, 7) is 2.87. The highest BCUT2D eigenvalue weighted by Crippen LogP contribution is 2.09. The van der Waals surface area contributed by atoms with Crippen LogP contribution in [0.1, 0.15) is 71.1 Å². The molecule has 0 bridgehead atoms. The molecule has 2 nitrogen and oxygen atoms in total. The third-order valence-corrected chi connectivity index (χ3v) is 2.72. The lowest BCUT2D eigenvalue weighted by molar-refractivity contribution is -0.119. The van der Waals surface area contributed by atoms with Gasteiger partial charge in [0.1, 0.15) is 5.78 Å². The van der Waals surface area contributed by atoms with Gasteiger partial charge in [-0.05, 0) is 19.4 Å². The molecule has 90 valence electrons. The van der Waals surface area contributed by atoms with Crippen molar-refractivity contribution in [2.75, 3.05) is 6.54 Å². The number of ketones is 1. The molecule has 0 aromatic rings.